The second-order valence-electron chi connectivity index (χ2n) is 9.13. The number of aliphatic hydroxyl groups is 1. The molecule has 212 valence electrons. The molecule has 0 aromatic heterocycles. The molecular formula is C26H48O9S. The lowest BCUT2D eigenvalue weighted by Crippen LogP contribution is -2.36. The summed E-state index contributed by atoms with van der Waals surface area (Å²) in [7, 11) is -4.89. The van der Waals surface area contributed by atoms with E-state index < -0.39 is 46.4 Å². The Morgan fingerprint density at radius 3 is 1.81 bits per heavy atom. The normalized spacial score (nSPS) is 13.2. The molecule has 0 fully saturated rings. The molecule has 0 heterocycles. The summed E-state index contributed by atoms with van der Waals surface area (Å²) in [6.45, 7) is 5.27. The zero-order valence-corrected chi connectivity index (χ0v) is 22.9. The van der Waals surface area contributed by atoms with Gasteiger partial charge in [-0.1, -0.05) is 96.5 Å². The second-order valence-corrected chi connectivity index (χ2v) is 10.7. The molecule has 10 heteroatoms. The van der Waals surface area contributed by atoms with Crippen molar-refractivity contribution in [2.24, 2.45) is 0 Å². The first-order valence-electron chi connectivity index (χ1n) is 13.4. The van der Waals surface area contributed by atoms with Crippen LogP contribution in [-0.2, 0) is 33.9 Å². The number of aliphatic hydroxyl groups excluding tert-OH is 1. The van der Waals surface area contributed by atoms with Crippen molar-refractivity contribution in [3.63, 3.8) is 0 Å². The minimum atomic E-state index is -4.89. The highest BCUT2D eigenvalue weighted by Gasteiger charge is 2.36. The van der Waals surface area contributed by atoms with Crippen LogP contribution in [0.3, 0.4) is 0 Å². The second kappa shape index (κ2) is 22.7. The van der Waals surface area contributed by atoms with Crippen LogP contribution < -0.4 is 0 Å². The van der Waals surface area contributed by atoms with Gasteiger partial charge in [0, 0.05) is 0 Å². The molecule has 0 amide bonds. The highest BCUT2D eigenvalue weighted by molar-refractivity contribution is 7.87. The van der Waals surface area contributed by atoms with Gasteiger partial charge < -0.3 is 19.3 Å². The van der Waals surface area contributed by atoms with E-state index in [-0.39, 0.29) is 19.8 Å². The van der Waals surface area contributed by atoms with Gasteiger partial charge in [-0.2, -0.15) is 8.42 Å². The molecule has 0 saturated heterocycles. The predicted molar refractivity (Wildman–Crippen MR) is 139 cm³/mol. The van der Waals surface area contributed by atoms with E-state index >= 15 is 0 Å². The van der Waals surface area contributed by atoms with E-state index in [1.807, 2.05) is 0 Å². The number of hydrogen-bond donors (Lipinski definition) is 2. The fourth-order valence-electron chi connectivity index (χ4n) is 3.61. The highest BCUT2D eigenvalue weighted by Crippen LogP contribution is 2.13. The Labute approximate surface area is 217 Å². The van der Waals surface area contributed by atoms with Gasteiger partial charge in [0.05, 0.1) is 26.2 Å². The number of carbonyl (C=O) groups is 2. The van der Waals surface area contributed by atoms with E-state index in [0.29, 0.717) is 6.42 Å². The van der Waals surface area contributed by atoms with E-state index in [1.54, 1.807) is 0 Å². The molecule has 2 unspecified atom stereocenters. The average molecular weight is 537 g/mol. The first-order valence-corrected chi connectivity index (χ1v) is 14.9. The van der Waals surface area contributed by atoms with Crippen molar-refractivity contribution >= 4 is 22.1 Å². The number of esters is 2. The first-order chi connectivity index (χ1) is 17.2. The lowest BCUT2D eigenvalue weighted by atomic mass is 10.0. The summed E-state index contributed by atoms with van der Waals surface area (Å²) in [6.07, 6.45) is 16.2. The number of unbranched alkanes of at least 4 members (excludes halogenated alkanes) is 13. The summed E-state index contributed by atoms with van der Waals surface area (Å²) in [6, 6.07) is 0. The van der Waals surface area contributed by atoms with E-state index in [0.717, 1.165) is 19.3 Å². The summed E-state index contributed by atoms with van der Waals surface area (Å²) in [5.41, 5.74) is 0. The van der Waals surface area contributed by atoms with Gasteiger partial charge in [-0.15, -0.1) is 6.58 Å². The maximum Gasteiger partial charge on any atom is 0.327 e. The summed E-state index contributed by atoms with van der Waals surface area (Å²) < 4.78 is 47.1. The minimum absolute atomic E-state index is 0.115. The zero-order chi connectivity index (χ0) is 27.1. The fourth-order valence-corrected chi connectivity index (χ4v) is 4.27. The van der Waals surface area contributed by atoms with E-state index in [4.69, 9.17) is 14.2 Å². The van der Waals surface area contributed by atoms with E-state index in [1.165, 1.54) is 70.3 Å². The Morgan fingerprint density at radius 2 is 1.33 bits per heavy atom. The maximum absolute atomic E-state index is 12.0. The smallest absolute Gasteiger partial charge is 0.327 e. The van der Waals surface area contributed by atoms with Gasteiger partial charge in [-0.3, -0.25) is 14.1 Å². The van der Waals surface area contributed by atoms with Gasteiger partial charge in [-0.05, 0) is 6.42 Å². The monoisotopic (exact) mass is 536 g/mol. The van der Waals surface area contributed by atoms with E-state index in [9.17, 15) is 27.7 Å². The lowest BCUT2D eigenvalue weighted by molar-refractivity contribution is -0.152. The Balaban J connectivity index is 3.92. The summed E-state index contributed by atoms with van der Waals surface area (Å²) in [5.74, 6) is -2.26. The molecule has 0 spiro atoms. The van der Waals surface area contributed by atoms with Gasteiger partial charge in [-0.25, -0.2) is 0 Å². The van der Waals surface area contributed by atoms with Gasteiger partial charge in [0.2, 0.25) is 0 Å². The van der Waals surface area contributed by atoms with Crippen LogP contribution >= 0.6 is 0 Å². The van der Waals surface area contributed by atoms with Gasteiger partial charge in [0.1, 0.15) is 12.7 Å². The van der Waals surface area contributed by atoms with Crippen LogP contribution in [-0.4, -0.2) is 67.8 Å². The van der Waals surface area contributed by atoms with Gasteiger partial charge in [0.25, 0.3) is 10.1 Å². The van der Waals surface area contributed by atoms with Crippen molar-refractivity contribution < 1.29 is 41.9 Å². The van der Waals surface area contributed by atoms with Crippen LogP contribution in [0.4, 0.5) is 0 Å². The molecule has 0 aromatic rings. The summed E-state index contributed by atoms with van der Waals surface area (Å²) in [5, 5.41) is 7.54. The number of hydrogen-bond acceptors (Lipinski definition) is 8. The third-order valence-electron chi connectivity index (χ3n) is 5.70. The Kier molecular flexibility index (Phi) is 21.7. The summed E-state index contributed by atoms with van der Waals surface area (Å²) >= 11 is 0. The van der Waals surface area contributed by atoms with Crippen LogP contribution in [0.25, 0.3) is 0 Å². The lowest BCUT2D eigenvalue weighted by Gasteiger charge is -2.15. The van der Waals surface area contributed by atoms with Crippen LogP contribution in [0.5, 0.6) is 0 Å². The Morgan fingerprint density at radius 1 is 0.833 bits per heavy atom. The molecule has 0 saturated carbocycles. The first kappa shape index (κ1) is 34.5. The molecule has 36 heavy (non-hydrogen) atoms. The molecule has 0 aliphatic carbocycles. The largest absolute Gasteiger partial charge is 0.466 e. The number of ether oxygens (including phenoxy) is 3. The minimum Gasteiger partial charge on any atom is -0.466 e. The molecule has 0 radical (unpaired) electrons. The quantitative estimate of drug-likeness (QED) is 0.0732. The topological polar surface area (TPSA) is 136 Å². The van der Waals surface area contributed by atoms with E-state index in [2.05, 4.69) is 13.5 Å². The van der Waals surface area contributed by atoms with Crippen molar-refractivity contribution in [3.05, 3.63) is 12.7 Å². The zero-order valence-electron chi connectivity index (χ0n) is 22.0. The van der Waals surface area contributed by atoms with Crippen molar-refractivity contribution in [2.45, 2.75) is 115 Å². The van der Waals surface area contributed by atoms with Crippen LogP contribution in [0.15, 0.2) is 12.7 Å². The molecule has 9 nitrogen and oxygen atoms in total. The van der Waals surface area contributed by atoms with Crippen molar-refractivity contribution in [2.75, 3.05) is 26.4 Å². The predicted octanol–water partition coefficient (Wildman–Crippen LogP) is 4.76. The molecule has 2 atom stereocenters. The molecule has 0 rings (SSSR count). The standard InChI is InChI=1S/C26H48O9S/c1-3-5-6-7-8-9-10-11-12-13-14-15-16-17-19-34-25(28)20-24(36(30,31)32)26(29)35-22-23(27)21-33-18-4-2/h4,23-24,27H,2-3,5-22H2,1H3,(H,30,31,32). The molecule has 0 aliphatic heterocycles. The number of carbonyl (C=O) groups excluding carboxylic acids is 2. The van der Waals surface area contributed by atoms with Crippen molar-refractivity contribution in [1.29, 1.82) is 0 Å². The summed E-state index contributed by atoms with van der Waals surface area (Å²) in [4.78, 5) is 24.0. The van der Waals surface area contributed by atoms with Gasteiger partial charge in [0.15, 0.2) is 5.25 Å². The molecule has 0 aliphatic rings. The van der Waals surface area contributed by atoms with Crippen molar-refractivity contribution in [3.8, 4) is 0 Å². The number of rotatable bonds is 25. The molecule has 0 bridgehead atoms. The average Bonchev–Trinajstić information content (AvgIpc) is 2.83. The third-order valence-corrected chi connectivity index (χ3v) is 6.78. The molecular weight excluding hydrogens is 488 g/mol. The van der Waals surface area contributed by atoms with Crippen LogP contribution in [0.2, 0.25) is 0 Å². The van der Waals surface area contributed by atoms with Crippen LogP contribution in [0.1, 0.15) is 103 Å². The third kappa shape index (κ3) is 20.7. The highest BCUT2D eigenvalue weighted by atomic mass is 32.2. The van der Waals surface area contributed by atoms with Gasteiger partial charge >= 0.3 is 11.9 Å². The van der Waals surface area contributed by atoms with Crippen LogP contribution in [0, 0.1) is 0 Å². The molecule has 2 N–H and O–H groups in total. The Bertz CT molecular complexity index is 679. The molecule has 0 aromatic carbocycles. The fraction of sp³-hybridized carbons (Fsp3) is 0.846. The van der Waals surface area contributed by atoms with Crippen molar-refractivity contribution in [1.82, 2.24) is 0 Å². The maximum atomic E-state index is 12.0. The Hall–Kier alpha value is -1.49. The SMILES string of the molecule is C=CCOCC(O)COC(=O)C(CC(=O)OCCCCCCCCCCCCCCCC)S(=O)(=O)O.